The lowest BCUT2D eigenvalue weighted by molar-refractivity contribution is 0.0696. The molecule has 4 aromatic rings. The number of carbonyl (C=O) groups is 1. The van der Waals surface area contributed by atoms with Gasteiger partial charge < -0.3 is 9.47 Å². The molecule has 0 unspecified atom stereocenters. The average molecular weight is 428 g/mol. The van der Waals surface area contributed by atoms with Gasteiger partial charge >= 0.3 is 0 Å². The Morgan fingerprint density at radius 3 is 2.62 bits per heavy atom. The van der Waals surface area contributed by atoms with Crippen LogP contribution in [0.3, 0.4) is 0 Å². The molecule has 0 aromatic carbocycles. The summed E-state index contributed by atoms with van der Waals surface area (Å²) in [5.41, 5.74) is 3.24. The average Bonchev–Trinajstić information content (AvgIpc) is 3.44. The van der Waals surface area contributed by atoms with Gasteiger partial charge in [-0.15, -0.1) is 0 Å². The first-order valence-electron chi connectivity index (χ1n) is 11.3. The van der Waals surface area contributed by atoms with Crippen LogP contribution in [0.4, 0.5) is 0 Å². The number of rotatable bonds is 4. The molecule has 8 nitrogen and oxygen atoms in total. The van der Waals surface area contributed by atoms with Crippen LogP contribution >= 0.6 is 0 Å². The third-order valence-electron chi connectivity index (χ3n) is 6.62. The van der Waals surface area contributed by atoms with E-state index in [0.717, 1.165) is 66.8 Å². The number of amides is 1. The second-order valence-electron chi connectivity index (χ2n) is 8.79. The van der Waals surface area contributed by atoms with Gasteiger partial charge in [0.15, 0.2) is 11.5 Å². The molecule has 4 aromatic heterocycles. The van der Waals surface area contributed by atoms with Crippen LogP contribution < -0.4 is 0 Å². The topological polar surface area (TPSA) is 81.7 Å². The van der Waals surface area contributed by atoms with E-state index in [1.54, 1.807) is 10.9 Å². The predicted octanol–water partition coefficient (Wildman–Crippen LogP) is 3.68. The summed E-state index contributed by atoms with van der Waals surface area (Å²) in [5.74, 6) is 1.22. The Labute approximate surface area is 185 Å². The number of aromatic nitrogens is 6. The van der Waals surface area contributed by atoms with Gasteiger partial charge in [0.1, 0.15) is 0 Å². The molecule has 8 heteroatoms. The molecule has 1 saturated heterocycles. The zero-order valence-electron chi connectivity index (χ0n) is 18.1. The number of fused-ring (bicyclic) bond motifs is 1. The molecule has 2 fully saturated rings. The second-order valence-corrected chi connectivity index (χ2v) is 8.79. The number of imidazole rings is 1. The van der Waals surface area contributed by atoms with Crippen LogP contribution in [0.25, 0.3) is 16.9 Å². The number of nitrogens with zero attached hydrogens (tertiary/aromatic N) is 7. The molecule has 0 spiro atoms. The molecule has 1 aliphatic carbocycles. The highest BCUT2D eigenvalue weighted by atomic mass is 16.2. The first kappa shape index (κ1) is 19.2. The standard InChI is InChI=1S/C24H25N7O/c1-16-22-19(24(32)29-11-7-18(8-12-29)30-13-10-25-15-30)14-20(17-5-6-17)27-23(22)31(28-16)21-4-2-3-9-26-21/h2-4,9-10,13-15,17-18H,5-8,11-12H2,1H3. The van der Waals surface area contributed by atoms with Gasteiger partial charge in [-0.1, -0.05) is 6.07 Å². The van der Waals surface area contributed by atoms with Crippen molar-refractivity contribution >= 4 is 16.9 Å². The van der Waals surface area contributed by atoms with Gasteiger partial charge in [-0.25, -0.2) is 15.0 Å². The Balaban J connectivity index is 1.38. The number of likely N-dealkylation sites (tertiary alicyclic amines) is 1. The molecule has 6 rings (SSSR count). The third-order valence-corrected chi connectivity index (χ3v) is 6.62. The van der Waals surface area contributed by atoms with Crippen molar-refractivity contribution in [3.05, 3.63) is 66.1 Å². The maximum atomic E-state index is 13.7. The van der Waals surface area contributed by atoms with Gasteiger partial charge in [-0.2, -0.15) is 9.78 Å². The van der Waals surface area contributed by atoms with Gasteiger partial charge in [-0.3, -0.25) is 4.79 Å². The Morgan fingerprint density at radius 1 is 1.09 bits per heavy atom. The SMILES string of the molecule is Cc1nn(-c2ccccn2)c2nc(C3CC3)cc(C(=O)N3CCC(n4ccnc4)CC3)c12. The van der Waals surface area contributed by atoms with E-state index in [2.05, 4.69) is 14.5 Å². The van der Waals surface area contributed by atoms with Crippen molar-refractivity contribution in [1.82, 2.24) is 34.2 Å². The lowest BCUT2D eigenvalue weighted by Gasteiger charge is -2.32. The van der Waals surface area contributed by atoms with Crippen LogP contribution in [0.1, 0.15) is 59.4 Å². The molecule has 5 heterocycles. The normalized spacial score (nSPS) is 17.2. The zero-order chi connectivity index (χ0) is 21.7. The molecular formula is C24H25N7O. The molecule has 0 atom stereocenters. The smallest absolute Gasteiger partial charge is 0.254 e. The van der Waals surface area contributed by atoms with Gasteiger partial charge in [0.2, 0.25) is 0 Å². The van der Waals surface area contributed by atoms with Crippen LogP contribution in [0.15, 0.2) is 49.2 Å². The molecule has 0 bridgehead atoms. The Hall–Kier alpha value is -3.55. The van der Waals surface area contributed by atoms with E-state index in [4.69, 9.17) is 10.1 Å². The van der Waals surface area contributed by atoms with E-state index in [9.17, 15) is 4.79 Å². The second kappa shape index (κ2) is 7.55. The van der Waals surface area contributed by atoms with Crippen molar-refractivity contribution in [3.63, 3.8) is 0 Å². The predicted molar refractivity (Wildman–Crippen MR) is 120 cm³/mol. The lowest BCUT2D eigenvalue weighted by atomic mass is 10.0. The molecule has 1 saturated carbocycles. The minimum atomic E-state index is 0.0760. The summed E-state index contributed by atoms with van der Waals surface area (Å²) >= 11 is 0. The van der Waals surface area contributed by atoms with Crippen LogP contribution in [0.5, 0.6) is 0 Å². The highest BCUT2D eigenvalue weighted by Gasteiger charge is 2.31. The minimum absolute atomic E-state index is 0.0760. The number of aryl methyl sites for hydroxylation is 1. The molecule has 1 aliphatic heterocycles. The van der Waals surface area contributed by atoms with Gasteiger partial charge in [0.05, 0.1) is 23.0 Å². The number of hydrogen-bond donors (Lipinski definition) is 0. The Kier molecular flexibility index (Phi) is 4.52. The fourth-order valence-electron chi connectivity index (χ4n) is 4.73. The Morgan fingerprint density at radius 2 is 1.94 bits per heavy atom. The quantitative estimate of drug-likeness (QED) is 0.496. The monoisotopic (exact) mass is 427 g/mol. The zero-order valence-corrected chi connectivity index (χ0v) is 18.1. The van der Waals surface area contributed by atoms with E-state index < -0.39 is 0 Å². The van der Waals surface area contributed by atoms with E-state index >= 15 is 0 Å². The summed E-state index contributed by atoms with van der Waals surface area (Å²) < 4.78 is 3.93. The van der Waals surface area contributed by atoms with Gasteiger partial charge in [0, 0.05) is 49.3 Å². The van der Waals surface area contributed by atoms with Crippen molar-refractivity contribution in [1.29, 1.82) is 0 Å². The molecular weight excluding hydrogens is 402 g/mol. The summed E-state index contributed by atoms with van der Waals surface area (Å²) in [6.45, 7) is 3.41. The van der Waals surface area contributed by atoms with E-state index in [-0.39, 0.29) is 5.91 Å². The maximum absolute atomic E-state index is 13.7. The fraction of sp³-hybridized carbons (Fsp3) is 0.375. The van der Waals surface area contributed by atoms with Crippen molar-refractivity contribution in [3.8, 4) is 5.82 Å². The molecule has 2 aliphatic rings. The first-order valence-corrected chi connectivity index (χ1v) is 11.3. The number of pyridine rings is 2. The summed E-state index contributed by atoms with van der Waals surface area (Å²) in [6, 6.07) is 8.15. The summed E-state index contributed by atoms with van der Waals surface area (Å²) in [5, 5.41) is 5.56. The van der Waals surface area contributed by atoms with Crippen molar-refractivity contribution in [2.45, 2.75) is 44.6 Å². The van der Waals surface area contributed by atoms with Gasteiger partial charge in [-0.05, 0) is 50.8 Å². The summed E-state index contributed by atoms with van der Waals surface area (Å²) in [4.78, 5) is 29.3. The molecule has 0 radical (unpaired) electrons. The maximum Gasteiger partial charge on any atom is 0.254 e. The number of piperidine rings is 1. The van der Waals surface area contributed by atoms with Crippen LogP contribution in [0, 0.1) is 6.92 Å². The number of hydrogen-bond acceptors (Lipinski definition) is 5. The van der Waals surface area contributed by atoms with Crippen molar-refractivity contribution in [2.24, 2.45) is 0 Å². The first-order chi connectivity index (χ1) is 15.7. The third kappa shape index (κ3) is 3.26. The van der Waals surface area contributed by atoms with Crippen molar-refractivity contribution < 1.29 is 4.79 Å². The molecule has 1 amide bonds. The van der Waals surface area contributed by atoms with Gasteiger partial charge in [0.25, 0.3) is 5.91 Å². The van der Waals surface area contributed by atoms with E-state index in [1.807, 2.05) is 54.8 Å². The highest BCUT2D eigenvalue weighted by Crippen LogP contribution is 2.41. The fourth-order valence-corrected chi connectivity index (χ4v) is 4.73. The van der Waals surface area contributed by atoms with E-state index in [0.29, 0.717) is 17.8 Å². The van der Waals surface area contributed by atoms with Crippen LogP contribution in [-0.2, 0) is 0 Å². The minimum Gasteiger partial charge on any atom is -0.338 e. The largest absolute Gasteiger partial charge is 0.338 e. The molecule has 32 heavy (non-hydrogen) atoms. The highest BCUT2D eigenvalue weighted by molar-refractivity contribution is 6.06. The van der Waals surface area contributed by atoms with Crippen LogP contribution in [-0.4, -0.2) is 53.2 Å². The Bertz CT molecular complexity index is 1270. The van der Waals surface area contributed by atoms with Crippen molar-refractivity contribution in [2.75, 3.05) is 13.1 Å². The van der Waals surface area contributed by atoms with Crippen LogP contribution in [0.2, 0.25) is 0 Å². The lowest BCUT2D eigenvalue weighted by Crippen LogP contribution is -2.39. The molecule has 0 N–H and O–H groups in total. The molecule has 162 valence electrons. The van der Waals surface area contributed by atoms with E-state index in [1.165, 1.54) is 0 Å². The summed E-state index contributed by atoms with van der Waals surface area (Å²) in [6.07, 6.45) is 11.5. The summed E-state index contributed by atoms with van der Waals surface area (Å²) in [7, 11) is 0. The number of carbonyl (C=O) groups excluding carboxylic acids is 1.